The largest absolute Gasteiger partial charge is 0.293 e. The molecule has 0 aliphatic heterocycles. The summed E-state index contributed by atoms with van der Waals surface area (Å²) in [4.78, 5) is 20.9. The Bertz CT molecular complexity index is 628. The molecule has 1 aliphatic rings. The zero-order valence-electron chi connectivity index (χ0n) is 10.2. The molecule has 2 aromatic heterocycles. The Balaban J connectivity index is 2.46. The van der Waals surface area contributed by atoms with Crippen molar-refractivity contribution in [2.45, 2.75) is 26.2 Å². The molecule has 0 amide bonds. The van der Waals surface area contributed by atoms with Crippen molar-refractivity contribution in [3.63, 3.8) is 0 Å². The van der Waals surface area contributed by atoms with Gasteiger partial charge in [-0.1, -0.05) is 13.8 Å². The molecular weight excluding hydrogens is 212 g/mol. The van der Waals surface area contributed by atoms with Crippen molar-refractivity contribution < 1.29 is 4.79 Å². The van der Waals surface area contributed by atoms with Gasteiger partial charge in [-0.05, 0) is 18.4 Å². The lowest BCUT2D eigenvalue weighted by atomic mass is 9.73. The lowest BCUT2D eigenvalue weighted by molar-refractivity contribution is 0.0867. The van der Waals surface area contributed by atoms with E-state index in [2.05, 4.69) is 23.8 Å². The lowest BCUT2D eigenvalue weighted by Crippen LogP contribution is -2.34. The Labute approximate surface area is 99.9 Å². The molecule has 3 rings (SSSR count). The third-order valence-electron chi connectivity index (χ3n) is 4.09. The number of carbonyl (C=O) groups excluding carboxylic acids is 1. The number of Topliss-reactive ketones (excluding diaryl/α,β-unsaturated/α-hetero) is 1. The second-order valence-electron chi connectivity index (χ2n) is 5.16. The number of hydrogen-bond acceptors (Lipinski definition) is 3. The van der Waals surface area contributed by atoms with E-state index < -0.39 is 5.41 Å². The van der Waals surface area contributed by atoms with E-state index in [-0.39, 0.29) is 11.7 Å². The lowest BCUT2D eigenvalue weighted by Gasteiger charge is -2.28. The van der Waals surface area contributed by atoms with Crippen molar-refractivity contribution in [2.75, 3.05) is 0 Å². The summed E-state index contributed by atoms with van der Waals surface area (Å²) < 4.78 is 0. The summed E-state index contributed by atoms with van der Waals surface area (Å²) in [6, 6.07) is 0. The molecule has 1 atom stereocenters. The Morgan fingerprint density at radius 3 is 2.41 bits per heavy atom. The van der Waals surface area contributed by atoms with Gasteiger partial charge in [-0.15, -0.1) is 0 Å². The Morgan fingerprint density at radius 2 is 1.76 bits per heavy atom. The van der Waals surface area contributed by atoms with Crippen LogP contribution in [0.5, 0.6) is 0 Å². The first-order valence-corrected chi connectivity index (χ1v) is 5.83. The molecule has 1 aliphatic carbocycles. The van der Waals surface area contributed by atoms with Crippen LogP contribution in [0.2, 0.25) is 0 Å². The van der Waals surface area contributed by atoms with E-state index in [0.29, 0.717) is 0 Å². The SMILES string of the molecule is CC(C)C1(C)C(=O)c2cncc3cncc1c23. The van der Waals surface area contributed by atoms with Crippen LogP contribution >= 0.6 is 0 Å². The maximum Gasteiger partial charge on any atom is 0.175 e. The second-order valence-corrected chi connectivity index (χ2v) is 5.16. The molecule has 0 bridgehead atoms. The minimum Gasteiger partial charge on any atom is -0.293 e. The number of nitrogens with zero attached hydrogens (tertiary/aromatic N) is 2. The monoisotopic (exact) mass is 226 g/mol. The molecule has 86 valence electrons. The van der Waals surface area contributed by atoms with E-state index in [4.69, 9.17) is 0 Å². The maximum atomic E-state index is 12.6. The summed E-state index contributed by atoms with van der Waals surface area (Å²) in [5, 5.41) is 1.99. The minimum atomic E-state index is -0.460. The normalized spacial score (nSPS) is 22.7. The smallest absolute Gasteiger partial charge is 0.175 e. The molecule has 0 radical (unpaired) electrons. The summed E-state index contributed by atoms with van der Waals surface area (Å²) in [5.74, 6) is 0.420. The van der Waals surface area contributed by atoms with Gasteiger partial charge >= 0.3 is 0 Å². The van der Waals surface area contributed by atoms with Gasteiger partial charge in [0.05, 0.1) is 5.41 Å². The van der Waals surface area contributed by atoms with Crippen LogP contribution in [-0.2, 0) is 5.41 Å². The van der Waals surface area contributed by atoms with Gasteiger partial charge in [0.2, 0.25) is 0 Å². The predicted octanol–water partition coefficient (Wildman–Crippen LogP) is 2.74. The van der Waals surface area contributed by atoms with Crippen LogP contribution in [0.25, 0.3) is 10.8 Å². The molecule has 0 saturated carbocycles. The zero-order chi connectivity index (χ0) is 12.2. The zero-order valence-corrected chi connectivity index (χ0v) is 10.2. The molecule has 0 saturated heterocycles. The average Bonchev–Trinajstić information content (AvgIpc) is 2.56. The maximum absolute atomic E-state index is 12.6. The van der Waals surface area contributed by atoms with Crippen molar-refractivity contribution >= 4 is 16.6 Å². The highest BCUT2D eigenvalue weighted by Gasteiger charge is 2.46. The van der Waals surface area contributed by atoms with Crippen LogP contribution in [0.1, 0.15) is 36.7 Å². The molecule has 3 nitrogen and oxygen atoms in total. The van der Waals surface area contributed by atoms with Crippen LogP contribution in [0.15, 0.2) is 24.8 Å². The Hall–Kier alpha value is -1.77. The molecule has 2 heterocycles. The number of ketones is 1. The second kappa shape index (κ2) is 3.13. The van der Waals surface area contributed by atoms with Gasteiger partial charge in [0, 0.05) is 41.1 Å². The molecule has 0 aromatic carbocycles. The van der Waals surface area contributed by atoms with Crippen LogP contribution in [0.4, 0.5) is 0 Å². The molecule has 17 heavy (non-hydrogen) atoms. The topological polar surface area (TPSA) is 42.9 Å². The first-order chi connectivity index (χ1) is 8.06. The van der Waals surface area contributed by atoms with E-state index in [9.17, 15) is 4.79 Å². The van der Waals surface area contributed by atoms with Crippen molar-refractivity contribution in [1.29, 1.82) is 0 Å². The Morgan fingerprint density at radius 1 is 1.12 bits per heavy atom. The van der Waals surface area contributed by atoms with Crippen molar-refractivity contribution in [1.82, 2.24) is 9.97 Å². The summed E-state index contributed by atoms with van der Waals surface area (Å²) in [7, 11) is 0. The van der Waals surface area contributed by atoms with E-state index in [0.717, 1.165) is 21.9 Å². The van der Waals surface area contributed by atoms with Crippen molar-refractivity contribution in [3.8, 4) is 0 Å². The number of rotatable bonds is 1. The molecule has 0 spiro atoms. The average molecular weight is 226 g/mol. The van der Waals surface area contributed by atoms with E-state index in [1.54, 1.807) is 18.6 Å². The third kappa shape index (κ3) is 1.09. The highest BCUT2D eigenvalue weighted by molar-refractivity contribution is 6.19. The minimum absolute atomic E-state index is 0.175. The molecule has 1 unspecified atom stereocenters. The molecule has 0 fully saturated rings. The van der Waals surface area contributed by atoms with Gasteiger partial charge in [0.15, 0.2) is 5.78 Å². The third-order valence-corrected chi connectivity index (χ3v) is 4.09. The van der Waals surface area contributed by atoms with Crippen molar-refractivity contribution in [3.05, 3.63) is 35.9 Å². The molecule has 0 N–H and O–H groups in total. The van der Waals surface area contributed by atoms with Crippen LogP contribution in [0.3, 0.4) is 0 Å². The van der Waals surface area contributed by atoms with Gasteiger partial charge in [-0.3, -0.25) is 14.8 Å². The van der Waals surface area contributed by atoms with Gasteiger partial charge in [-0.2, -0.15) is 0 Å². The van der Waals surface area contributed by atoms with Gasteiger partial charge < -0.3 is 0 Å². The van der Waals surface area contributed by atoms with Gasteiger partial charge in [0.1, 0.15) is 0 Å². The summed E-state index contributed by atoms with van der Waals surface area (Å²) in [6.45, 7) is 6.17. The highest BCUT2D eigenvalue weighted by atomic mass is 16.1. The molecule has 3 heteroatoms. The molecule has 2 aromatic rings. The molecular formula is C14H14N2O. The van der Waals surface area contributed by atoms with Crippen LogP contribution in [0, 0.1) is 5.92 Å². The predicted molar refractivity (Wildman–Crippen MR) is 66.1 cm³/mol. The summed E-state index contributed by atoms with van der Waals surface area (Å²) >= 11 is 0. The van der Waals surface area contributed by atoms with E-state index >= 15 is 0 Å². The fourth-order valence-corrected chi connectivity index (χ4v) is 2.67. The van der Waals surface area contributed by atoms with Crippen molar-refractivity contribution in [2.24, 2.45) is 5.92 Å². The highest BCUT2D eigenvalue weighted by Crippen LogP contribution is 2.45. The summed E-state index contributed by atoms with van der Waals surface area (Å²) in [6.07, 6.45) is 7.06. The first kappa shape index (κ1) is 10.4. The van der Waals surface area contributed by atoms with Crippen LogP contribution in [-0.4, -0.2) is 15.8 Å². The number of pyridine rings is 2. The fraction of sp³-hybridized carbons (Fsp3) is 0.357. The van der Waals surface area contributed by atoms with E-state index in [1.807, 2.05) is 13.1 Å². The number of carbonyl (C=O) groups is 1. The first-order valence-electron chi connectivity index (χ1n) is 5.83. The fourth-order valence-electron chi connectivity index (χ4n) is 2.67. The number of aromatic nitrogens is 2. The van der Waals surface area contributed by atoms with Gasteiger partial charge in [-0.25, -0.2) is 0 Å². The summed E-state index contributed by atoms with van der Waals surface area (Å²) in [5.41, 5.74) is 1.33. The van der Waals surface area contributed by atoms with E-state index in [1.165, 1.54) is 0 Å². The standard InChI is InChI=1S/C14H14N2O/c1-8(2)14(3)11-7-16-5-9-4-15-6-10(12(9)11)13(14)17/h4-8H,1-3H3. The Kier molecular flexibility index (Phi) is 1.91. The van der Waals surface area contributed by atoms with Crippen LogP contribution < -0.4 is 0 Å². The number of hydrogen-bond donors (Lipinski definition) is 0. The quantitative estimate of drug-likeness (QED) is 0.750. The van der Waals surface area contributed by atoms with Gasteiger partial charge in [0.25, 0.3) is 0 Å².